The lowest BCUT2D eigenvalue weighted by atomic mass is 9.69. The molecule has 1 amide bonds. The van der Waals surface area contributed by atoms with Crippen LogP contribution in [0.5, 0.6) is 0 Å². The van der Waals surface area contributed by atoms with Crippen molar-refractivity contribution in [2.45, 2.75) is 63.9 Å². The Kier molecular flexibility index (Phi) is 3.76. The maximum absolute atomic E-state index is 12.5. The summed E-state index contributed by atoms with van der Waals surface area (Å²) in [5.41, 5.74) is 2.65. The van der Waals surface area contributed by atoms with Crippen molar-refractivity contribution in [3.8, 4) is 0 Å². The van der Waals surface area contributed by atoms with Crippen molar-refractivity contribution in [2.75, 3.05) is 13.1 Å². The van der Waals surface area contributed by atoms with E-state index in [9.17, 15) is 9.90 Å². The maximum atomic E-state index is 12.5. The van der Waals surface area contributed by atoms with Crippen molar-refractivity contribution in [3.63, 3.8) is 0 Å². The topological polar surface area (TPSA) is 40.5 Å². The first kappa shape index (κ1) is 16.1. The SMILES string of the molecule is CCc1ccc(C2CCC3(C2)CN(C(=O)C2CC(C)(O)C2)C3)cc1. The Morgan fingerprint density at radius 3 is 2.46 bits per heavy atom. The predicted molar refractivity (Wildman–Crippen MR) is 94.8 cm³/mol. The summed E-state index contributed by atoms with van der Waals surface area (Å²) >= 11 is 0. The van der Waals surface area contributed by atoms with Crippen LogP contribution < -0.4 is 0 Å². The molecule has 4 rings (SSSR count). The lowest BCUT2D eigenvalue weighted by Gasteiger charge is -2.52. The van der Waals surface area contributed by atoms with Crippen LogP contribution in [0, 0.1) is 11.3 Å². The van der Waals surface area contributed by atoms with Gasteiger partial charge >= 0.3 is 0 Å². The third kappa shape index (κ3) is 2.77. The highest BCUT2D eigenvalue weighted by atomic mass is 16.3. The van der Waals surface area contributed by atoms with E-state index in [1.54, 1.807) is 0 Å². The Balaban J connectivity index is 1.32. The van der Waals surface area contributed by atoms with Gasteiger partial charge in [-0.05, 0) is 62.5 Å². The molecule has 0 bridgehead atoms. The summed E-state index contributed by atoms with van der Waals surface area (Å²) in [5, 5.41) is 9.84. The number of hydrogen-bond acceptors (Lipinski definition) is 2. The molecule has 1 heterocycles. The molecule has 3 heteroatoms. The van der Waals surface area contributed by atoms with Crippen molar-refractivity contribution < 1.29 is 9.90 Å². The number of nitrogens with zero attached hydrogens (tertiary/aromatic N) is 1. The number of benzene rings is 1. The molecule has 1 aliphatic heterocycles. The van der Waals surface area contributed by atoms with Gasteiger partial charge in [-0.3, -0.25) is 4.79 Å². The second-order valence-electron chi connectivity index (χ2n) is 8.83. The van der Waals surface area contributed by atoms with E-state index in [0.29, 0.717) is 24.2 Å². The smallest absolute Gasteiger partial charge is 0.225 e. The Morgan fingerprint density at radius 2 is 1.88 bits per heavy atom. The molecular formula is C21H29NO2. The van der Waals surface area contributed by atoms with Crippen LogP contribution in [0.15, 0.2) is 24.3 Å². The number of aryl methyl sites for hydroxylation is 1. The number of rotatable bonds is 3. The van der Waals surface area contributed by atoms with Gasteiger partial charge in [0.15, 0.2) is 0 Å². The van der Waals surface area contributed by atoms with Crippen molar-refractivity contribution >= 4 is 5.91 Å². The van der Waals surface area contributed by atoms with Gasteiger partial charge in [-0.1, -0.05) is 31.2 Å². The highest BCUT2D eigenvalue weighted by Gasteiger charge is 2.52. The molecule has 3 fully saturated rings. The summed E-state index contributed by atoms with van der Waals surface area (Å²) in [7, 11) is 0. The van der Waals surface area contributed by atoms with Crippen molar-refractivity contribution in [3.05, 3.63) is 35.4 Å². The van der Waals surface area contributed by atoms with Gasteiger partial charge in [-0.25, -0.2) is 0 Å². The van der Waals surface area contributed by atoms with Crippen LogP contribution in [0.25, 0.3) is 0 Å². The van der Waals surface area contributed by atoms with Gasteiger partial charge in [0, 0.05) is 24.4 Å². The second-order valence-corrected chi connectivity index (χ2v) is 8.83. The van der Waals surface area contributed by atoms with Gasteiger partial charge < -0.3 is 10.0 Å². The van der Waals surface area contributed by atoms with Crippen LogP contribution in [0.4, 0.5) is 0 Å². The fourth-order valence-corrected chi connectivity index (χ4v) is 5.16. The minimum atomic E-state index is -0.605. The van der Waals surface area contributed by atoms with Gasteiger partial charge in [-0.2, -0.15) is 0 Å². The molecule has 1 unspecified atom stereocenters. The molecule has 1 aromatic rings. The van der Waals surface area contributed by atoms with E-state index in [-0.39, 0.29) is 11.8 Å². The third-order valence-corrected chi connectivity index (χ3v) is 6.65. The molecule has 130 valence electrons. The minimum Gasteiger partial charge on any atom is -0.390 e. The first-order valence-corrected chi connectivity index (χ1v) is 9.50. The second kappa shape index (κ2) is 5.59. The lowest BCUT2D eigenvalue weighted by molar-refractivity contribution is -0.161. The van der Waals surface area contributed by atoms with Crippen LogP contribution in [0.1, 0.15) is 63.0 Å². The summed E-state index contributed by atoms with van der Waals surface area (Å²) in [6.07, 6.45) is 6.11. The standard InChI is InChI=1S/C21H29NO2/c1-3-15-4-6-16(7-5-15)17-8-9-21(12-17)13-22(14-21)19(23)18-10-20(2,24)11-18/h4-7,17-18,24H,3,8-14H2,1-2H3. The molecule has 1 N–H and O–H groups in total. The number of likely N-dealkylation sites (tertiary alicyclic amines) is 1. The van der Waals surface area contributed by atoms with Gasteiger partial charge in [0.2, 0.25) is 5.91 Å². The molecule has 2 saturated carbocycles. The Labute approximate surface area is 145 Å². The summed E-state index contributed by atoms with van der Waals surface area (Å²) in [6.45, 7) is 5.91. The van der Waals surface area contributed by atoms with Crippen LogP contribution in [-0.2, 0) is 11.2 Å². The summed E-state index contributed by atoms with van der Waals surface area (Å²) in [5.74, 6) is 1.01. The van der Waals surface area contributed by atoms with Gasteiger partial charge in [0.05, 0.1) is 5.60 Å². The molecule has 1 spiro atoms. The van der Waals surface area contributed by atoms with E-state index in [1.807, 2.05) is 11.8 Å². The Bertz CT molecular complexity index is 620. The number of amides is 1. The largest absolute Gasteiger partial charge is 0.390 e. The number of aliphatic hydroxyl groups is 1. The van der Waals surface area contributed by atoms with Crippen LogP contribution in [0.2, 0.25) is 0 Å². The average molecular weight is 327 g/mol. The van der Waals surface area contributed by atoms with E-state index in [4.69, 9.17) is 0 Å². The molecule has 1 aromatic carbocycles. The first-order valence-electron chi connectivity index (χ1n) is 9.50. The van der Waals surface area contributed by atoms with Crippen LogP contribution >= 0.6 is 0 Å². The molecule has 1 atom stereocenters. The average Bonchev–Trinajstić information content (AvgIpc) is 2.96. The minimum absolute atomic E-state index is 0.0659. The lowest BCUT2D eigenvalue weighted by Crippen LogP contribution is -2.61. The van der Waals surface area contributed by atoms with E-state index in [1.165, 1.54) is 30.4 Å². The molecule has 0 radical (unpaired) electrons. The van der Waals surface area contributed by atoms with Gasteiger partial charge in [-0.15, -0.1) is 0 Å². The van der Waals surface area contributed by atoms with Crippen molar-refractivity contribution in [1.82, 2.24) is 4.90 Å². The summed E-state index contributed by atoms with van der Waals surface area (Å²) < 4.78 is 0. The number of carbonyl (C=O) groups is 1. The monoisotopic (exact) mass is 327 g/mol. The highest BCUT2D eigenvalue weighted by Crippen LogP contribution is 2.52. The molecule has 0 aromatic heterocycles. The maximum Gasteiger partial charge on any atom is 0.225 e. The molecule has 24 heavy (non-hydrogen) atoms. The first-order chi connectivity index (χ1) is 11.4. The fraction of sp³-hybridized carbons (Fsp3) is 0.667. The van der Waals surface area contributed by atoms with E-state index in [2.05, 4.69) is 31.2 Å². The molecule has 3 nitrogen and oxygen atoms in total. The third-order valence-electron chi connectivity index (χ3n) is 6.65. The van der Waals surface area contributed by atoms with Crippen LogP contribution in [0.3, 0.4) is 0 Å². The van der Waals surface area contributed by atoms with Crippen molar-refractivity contribution in [2.24, 2.45) is 11.3 Å². The molecule has 1 saturated heterocycles. The quantitative estimate of drug-likeness (QED) is 0.923. The number of hydrogen-bond donors (Lipinski definition) is 1. The highest BCUT2D eigenvalue weighted by molar-refractivity contribution is 5.81. The normalized spacial score (nSPS) is 34.0. The predicted octanol–water partition coefficient (Wildman–Crippen LogP) is 3.51. The van der Waals surface area contributed by atoms with Gasteiger partial charge in [0.25, 0.3) is 0 Å². The van der Waals surface area contributed by atoms with E-state index < -0.39 is 5.60 Å². The summed E-state index contributed by atoms with van der Waals surface area (Å²) in [4.78, 5) is 14.5. The molecule has 3 aliphatic rings. The zero-order valence-electron chi connectivity index (χ0n) is 14.9. The fourth-order valence-electron chi connectivity index (χ4n) is 5.16. The zero-order chi connectivity index (χ0) is 16.9. The van der Waals surface area contributed by atoms with Gasteiger partial charge in [0.1, 0.15) is 0 Å². The van der Waals surface area contributed by atoms with E-state index in [0.717, 1.165) is 19.5 Å². The van der Waals surface area contributed by atoms with Crippen LogP contribution in [-0.4, -0.2) is 34.6 Å². The molecular weight excluding hydrogens is 298 g/mol. The number of carbonyl (C=O) groups excluding carboxylic acids is 1. The van der Waals surface area contributed by atoms with Crippen molar-refractivity contribution in [1.29, 1.82) is 0 Å². The Hall–Kier alpha value is -1.35. The zero-order valence-corrected chi connectivity index (χ0v) is 14.9. The molecule has 2 aliphatic carbocycles. The summed E-state index contributed by atoms with van der Waals surface area (Å²) in [6, 6.07) is 9.14. The van der Waals surface area contributed by atoms with E-state index >= 15 is 0 Å². The Morgan fingerprint density at radius 1 is 1.21 bits per heavy atom.